The number of carbonyl (C=O) groups is 1. The van der Waals surface area contributed by atoms with Crippen LogP contribution in [0, 0.1) is 0 Å². The lowest BCUT2D eigenvalue weighted by atomic mass is 10.2. The number of hydrogen-bond acceptors (Lipinski definition) is 4. The molecule has 1 aliphatic rings. The summed E-state index contributed by atoms with van der Waals surface area (Å²) in [6.07, 6.45) is 1.18. The fourth-order valence-corrected chi connectivity index (χ4v) is 2.13. The van der Waals surface area contributed by atoms with Gasteiger partial charge in [-0.05, 0) is 32.1 Å². The molecule has 0 spiro atoms. The number of rotatable bonds is 4. The standard InChI is InChI=1S/C12H19N3O2/c1-15-6-5-10(8-15)13-7-9-3-4-11(14-9)12(16)17-2/h3-4,10,13-14H,5-8H2,1-2H3. The van der Waals surface area contributed by atoms with Gasteiger partial charge >= 0.3 is 5.97 Å². The first-order chi connectivity index (χ1) is 8.19. The molecule has 0 aromatic carbocycles. The van der Waals surface area contributed by atoms with E-state index in [0.717, 1.165) is 25.3 Å². The van der Waals surface area contributed by atoms with Gasteiger partial charge in [-0.15, -0.1) is 0 Å². The third-order valence-electron chi connectivity index (χ3n) is 3.12. The molecule has 0 radical (unpaired) electrons. The quantitative estimate of drug-likeness (QED) is 0.753. The lowest BCUT2D eigenvalue weighted by Gasteiger charge is -2.11. The fraction of sp³-hybridized carbons (Fsp3) is 0.583. The van der Waals surface area contributed by atoms with E-state index in [-0.39, 0.29) is 5.97 Å². The largest absolute Gasteiger partial charge is 0.464 e. The molecule has 17 heavy (non-hydrogen) atoms. The Morgan fingerprint density at radius 3 is 3.12 bits per heavy atom. The van der Waals surface area contributed by atoms with E-state index in [1.165, 1.54) is 13.5 Å². The number of likely N-dealkylation sites (N-methyl/N-ethyl adjacent to an activating group) is 1. The number of nitrogens with one attached hydrogen (secondary N) is 2. The van der Waals surface area contributed by atoms with Gasteiger partial charge < -0.3 is 19.9 Å². The first-order valence-corrected chi connectivity index (χ1v) is 5.87. The van der Waals surface area contributed by atoms with Gasteiger partial charge in [0.2, 0.25) is 0 Å². The lowest BCUT2D eigenvalue weighted by Crippen LogP contribution is -2.31. The lowest BCUT2D eigenvalue weighted by molar-refractivity contribution is 0.0594. The van der Waals surface area contributed by atoms with Gasteiger partial charge in [-0.3, -0.25) is 0 Å². The van der Waals surface area contributed by atoms with Crippen molar-refractivity contribution in [3.8, 4) is 0 Å². The molecule has 1 atom stereocenters. The molecule has 0 amide bonds. The zero-order chi connectivity index (χ0) is 12.3. The molecule has 1 aromatic rings. The van der Waals surface area contributed by atoms with Crippen LogP contribution in [0.4, 0.5) is 0 Å². The number of likely N-dealkylation sites (tertiary alicyclic amines) is 1. The molecule has 94 valence electrons. The predicted molar refractivity (Wildman–Crippen MR) is 64.9 cm³/mol. The van der Waals surface area contributed by atoms with Gasteiger partial charge in [0.1, 0.15) is 5.69 Å². The molecule has 0 bridgehead atoms. The summed E-state index contributed by atoms with van der Waals surface area (Å²) in [7, 11) is 3.52. The van der Waals surface area contributed by atoms with Gasteiger partial charge in [0, 0.05) is 24.8 Å². The Hall–Kier alpha value is -1.33. The maximum atomic E-state index is 11.2. The van der Waals surface area contributed by atoms with Crippen molar-refractivity contribution in [3.63, 3.8) is 0 Å². The number of aromatic amines is 1. The Bertz CT molecular complexity index is 389. The van der Waals surface area contributed by atoms with Crippen LogP contribution in [-0.4, -0.2) is 49.1 Å². The van der Waals surface area contributed by atoms with E-state index in [1.54, 1.807) is 6.07 Å². The minimum Gasteiger partial charge on any atom is -0.464 e. The molecular formula is C12H19N3O2. The second-order valence-electron chi connectivity index (χ2n) is 4.52. The Morgan fingerprint density at radius 2 is 2.47 bits per heavy atom. The van der Waals surface area contributed by atoms with Crippen LogP contribution in [0.1, 0.15) is 22.6 Å². The van der Waals surface area contributed by atoms with Gasteiger partial charge in [0.15, 0.2) is 0 Å². The summed E-state index contributed by atoms with van der Waals surface area (Å²) in [5.74, 6) is -0.322. The van der Waals surface area contributed by atoms with Gasteiger partial charge in [0.25, 0.3) is 0 Å². The fourth-order valence-electron chi connectivity index (χ4n) is 2.13. The van der Waals surface area contributed by atoms with E-state index in [4.69, 9.17) is 0 Å². The van der Waals surface area contributed by atoms with E-state index < -0.39 is 0 Å². The summed E-state index contributed by atoms with van der Waals surface area (Å²) < 4.78 is 4.64. The highest BCUT2D eigenvalue weighted by atomic mass is 16.5. The Morgan fingerprint density at radius 1 is 1.65 bits per heavy atom. The number of aromatic nitrogens is 1. The molecule has 1 unspecified atom stereocenters. The first kappa shape index (κ1) is 12.1. The molecule has 5 heteroatoms. The first-order valence-electron chi connectivity index (χ1n) is 5.87. The van der Waals surface area contributed by atoms with Crippen LogP contribution in [0.25, 0.3) is 0 Å². The summed E-state index contributed by atoms with van der Waals surface area (Å²) in [6.45, 7) is 3.00. The van der Waals surface area contributed by atoms with Crippen molar-refractivity contribution in [2.75, 3.05) is 27.2 Å². The molecule has 2 heterocycles. The SMILES string of the molecule is COC(=O)c1ccc(CNC2CCN(C)C2)[nH]1. The predicted octanol–water partition coefficient (Wildman–Crippen LogP) is 0.595. The maximum Gasteiger partial charge on any atom is 0.354 e. The molecule has 1 fully saturated rings. The van der Waals surface area contributed by atoms with Gasteiger partial charge in [-0.2, -0.15) is 0 Å². The Balaban J connectivity index is 1.83. The zero-order valence-corrected chi connectivity index (χ0v) is 10.3. The van der Waals surface area contributed by atoms with E-state index >= 15 is 0 Å². The average molecular weight is 237 g/mol. The summed E-state index contributed by atoms with van der Waals surface area (Å²) in [6, 6.07) is 4.21. The number of carbonyl (C=O) groups excluding carboxylic acids is 1. The summed E-state index contributed by atoms with van der Waals surface area (Å²) in [5.41, 5.74) is 1.52. The molecule has 1 saturated heterocycles. The van der Waals surface area contributed by atoms with Crippen molar-refractivity contribution >= 4 is 5.97 Å². The number of methoxy groups -OCH3 is 1. The minimum atomic E-state index is -0.322. The molecule has 2 N–H and O–H groups in total. The van der Waals surface area contributed by atoms with Gasteiger partial charge in [-0.1, -0.05) is 0 Å². The van der Waals surface area contributed by atoms with Crippen LogP contribution in [0.15, 0.2) is 12.1 Å². The number of nitrogens with zero attached hydrogens (tertiary/aromatic N) is 1. The molecule has 2 rings (SSSR count). The van der Waals surface area contributed by atoms with Crippen molar-refractivity contribution < 1.29 is 9.53 Å². The summed E-state index contributed by atoms with van der Waals surface area (Å²) in [4.78, 5) is 16.6. The zero-order valence-electron chi connectivity index (χ0n) is 10.3. The maximum absolute atomic E-state index is 11.2. The Kier molecular flexibility index (Phi) is 3.81. The molecule has 1 aliphatic heterocycles. The normalized spacial score (nSPS) is 20.7. The molecule has 0 saturated carbocycles. The molecule has 0 aliphatic carbocycles. The number of ether oxygens (including phenoxy) is 1. The van der Waals surface area contributed by atoms with E-state index in [9.17, 15) is 4.79 Å². The monoisotopic (exact) mass is 237 g/mol. The van der Waals surface area contributed by atoms with Crippen LogP contribution in [0.2, 0.25) is 0 Å². The Labute approximate surface area is 101 Å². The molecular weight excluding hydrogens is 218 g/mol. The second kappa shape index (κ2) is 5.33. The summed E-state index contributed by atoms with van der Waals surface area (Å²) in [5, 5.41) is 3.47. The van der Waals surface area contributed by atoms with E-state index in [1.807, 2.05) is 6.07 Å². The van der Waals surface area contributed by atoms with Gasteiger partial charge in [-0.25, -0.2) is 4.79 Å². The van der Waals surface area contributed by atoms with Crippen molar-refractivity contribution in [1.82, 2.24) is 15.2 Å². The number of hydrogen-bond donors (Lipinski definition) is 2. The third kappa shape index (κ3) is 3.08. The highest BCUT2D eigenvalue weighted by Crippen LogP contribution is 2.08. The smallest absolute Gasteiger partial charge is 0.354 e. The number of esters is 1. The van der Waals surface area contributed by atoms with Crippen LogP contribution >= 0.6 is 0 Å². The highest BCUT2D eigenvalue weighted by Gasteiger charge is 2.18. The van der Waals surface area contributed by atoms with Crippen molar-refractivity contribution in [2.24, 2.45) is 0 Å². The van der Waals surface area contributed by atoms with Crippen LogP contribution in [0.5, 0.6) is 0 Å². The van der Waals surface area contributed by atoms with E-state index in [2.05, 4.69) is 27.0 Å². The van der Waals surface area contributed by atoms with Crippen LogP contribution in [0.3, 0.4) is 0 Å². The van der Waals surface area contributed by atoms with E-state index in [0.29, 0.717) is 11.7 Å². The third-order valence-corrected chi connectivity index (χ3v) is 3.12. The average Bonchev–Trinajstić information content (AvgIpc) is 2.94. The van der Waals surface area contributed by atoms with Crippen molar-refractivity contribution in [1.29, 1.82) is 0 Å². The van der Waals surface area contributed by atoms with Crippen LogP contribution in [-0.2, 0) is 11.3 Å². The van der Waals surface area contributed by atoms with Crippen molar-refractivity contribution in [2.45, 2.75) is 19.0 Å². The van der Waals surface area contributed by atoms with Gasteiger partial charge in [0.05, 0.1) is 7.11 Å². The highest BCUT2D eigenvalue weighted by molar-refractivity contribution is 5.87. The molecule has 1 aromatic heterocycles. The molecule has 5 nitrogen and oxygen atoms in total. The second-order valence-corrected chi connectivity index (χ2v) is 4.52. The minimum absolute atomic E-state index is 0.322. The topological polar surface area (TPSA) is 57.4 Å². The van der Waals surface area contributed by atoms with Crippen LogP contribution < -0.4 is 5.32 Å². The van der Waals surface area contributed by atoms with Crippen molar-refractivity contribution in [3.05, 3.63) is 23.5 Å². The summed E-state index contributed by atoms with van der Waals surface area (Å²) >= 11 is 0. The number of H-pyrrole nitrogens is 1.